The number of anilines is 2. The molecule has 1 aliphatic rings. The Labute approximate surface area is 217 Å². The summed E-state index contributed by atoms with van der Waals surface area (Å²) in [6.07, 6.45) is 4.26. The first-order valence-electron chi connectivity index (χ1n) is 11.5. The largest absolute Gasteiger partial charge is 0.382 e. The molecule has 3 aromatic rings. The molecule has 1 aliphatic heterocycles. The smallest absolute Gasteiger partial charge is 0.246 e. The number of benzene rings is 1. The van der Waals surface area contributed by atoms with Gasteiger partial charge in [-0.15, -0.1) is 0 Å². The number of carbonyl (C=O) groups excluding carboxylic acids is 1. The van der Waals surface area contributed by atoms with E-state index in [1.165, 1.54) is 22.8 Å². The van der Waals surface area contributed by atoms with E-state index in [0.717, 1.165) is 30.0 Å². The fraction of sp³-hybridized carbons (Fsp3) is 0.391. The predicted molar refractivity (Wildman–Crippen MR) is 136 cm³/mol. The molecular weight excluding hydrogens is 524 g/mol. The molecule has 0 unspecified atom stereocenters. The molecule has 37 heavy (non-hydrogen) atoms. The number of likely N-dealkylation sites (N-methyl/N-ethyl adjacent to an activating group) is 1. The lowest BCUT2D eigenvalue weighted by molar-refractivity contribution is 0.103. The van der Waals surface area contributed by atoms with Gasteiger partial charge in [0.05, 0.1) is 18.0 Å². The Morgan fingerprint density at radius 3 is 2.41 bits per heavy atom. The zero-order chi connectivity index (χ0) is 26.7. The lowest BCUT2D eigenvalue weighted by atomic mass is 10.1. The van der Waals surface area contributed by atoms with E-state index >= 15 is 0 Å². The van der Waals surface area contributed by atoms with E-state index in [0.29, 0.717) is 30.2 Å². The molecule has 0 amide bonds. The summed E-state index contributed by atoms with van der Waals surface area (Å²) in [4.78, 5) is 27.2. The monoisotopic (exact) mass is 551 g/mol. The van der Waals surface area contributed by atoms with Crippen molar-refractivity contribution in [3.05, 3.63) is 58.5 Å². The maximum Gasteiger partial charge on any atom is 0.246 e. The number of aromatic nitrogens is 3. The van der Waals surface area contributed by atoms with Crippen molar-refractivity contribution in [2.24, 2.45) is 0 Å². The van der Waals surface area contributed by atoms with E-state index in [2.05, 4.69) is 20.3 Å². The quantitative estimate of drug-likeness (QED) is 0.385. The molecule has 3 N–H and O–H groups in total. The van der Waals surface area contributed by atoms with Crippen LogP contribution in [0, 0.1) is 11.6 Å². The average Bonchev–Trinajstić information content (AvgIpc) is 3.23. The standard InChI is InChI=1S/C23H27F2N7O3S2/c1-31(2)9-8-18-27-12-15(13-28-18)37(34,35)32-10-6-14(7-11-32)29-23-30-22(26)21(36-23)20(33)19-16(24)4-3-5-17(19)25/h3-5,12-14H,6-11,26H2,1-2H3,(H,29,30). The molecule has 3 heterocycles. The van der Waals surface area contributed by atoms with Crippen LogP contribution >= 0.6 is 11.3 Å². The summed E-state index contributed by atoms with van der Waals surface area (Å²) in [6, 6.07) is 3.04. The number of sulfonamides is 1. The van der Waals surface area contributed by atoms with Crippen molar-refractivity contribution in [1.82, 2.24) is 24.2 Å². The minimum absolute atomic E-state index is 0.0451. The first-order valence-corrected chi connectivity index (χ1v) is 13.8. The van der Waals surface area contributed by atoms with Crippen molar-refractivity contribution in [2.75, 3.05) is 44.8 Å². The third-order valence-corrected chi connectivity index (χ3v) is 8.79. The van der Waals surface area contributed by atoms with E-state index < -0.39 is 33.0 Å². The number of nitrogen functional groups attached to an aromatic ring is 1. The molecule has 0 aliphatic carbocycles. The maximum absolute atomic E-state index is 14.0. The summed E-state index contributed by atoms with van der Waals surface area (Å²) in [5, 5.41) is 3.48. The predicted octanol–water partition coefficient (Wildman–Crippen LogP) is 2.39. The number of nitrogens with zero attached hydrogens (tertiary/aromatic N) is 5. The molecule has 0 atom stereocenters. The summed E-state index contributed by atoms with van der Waals surface area (Å²) in [6.45, 7) is 1.28. The van der Waals surface area contributed by atoms with Gasteiger partial charge in [0, 0.05) is 32.1 Å². The minimum Gasteiger partial charge on any atom is -0.382 e. The molecule has 4 rings (SSSR count). The molecule has 0 bridgehead atoms. The molecular formula is C23H27F2N7O3S2. The van der Waals surface area contributed by atoms with Gasteiger partial charge in [0.2, 0.25) is 15.8 Å². The molecule has 0 saturated carbocycles. The number of thiazole rings is 1. The van der Waals surface area contributed by atoms with Gasteiger partial charge in [0.15, 0.2) is 5.13 Å². The lowest BCUT2D eigenvalue weighted by Crippen LogP contribution is -2.42. The van der Waals surface area contributed by atoms with Gasteiger partial charge >= 0.3 is 0 Å². The Morgan fingerprint density at radius 1 is 1.19 bits per heavy atom. The van der Waals surface area contributed by atoms with Gasteiger partial charge in [0.1, 0.15) is 33.0 Å². The van der Waals surface area contributed by atoms with E-state index in [9.17, 15) is 22.0 Å². The maximum atomic E-state index is 14.0. The van der Waals surface area contributed by atoms with Crippen molar-refractivity contribution in [3.63, 3.8) is 0 Å². The van der Waals surface area contributed by atoms with E-state index in [-0.39, 0.29) is 34.7 Å². The van der Waals surface area contributed by atoms with Gasteiger partial charge in [-0.3, -0.25) is 4.79 Å². The SMILES string of the molecule is CN(C)CCc1ncc(S(=O)(=O)N2CCC(Nc3nc(N)c(C(=O)c4c(F)cccc4F)s3)CC2)cn1. The van der Waals surface area contributed by atoms with Crippen LogP contribution in [0.1, 0.15) is 33.9 Å². The highest BCUT2D eigenvalue weighted by Crippen LogP contribution is 2.31. The number of hydrogen-bond acceptors (Lipinski definition) is 10. The lowest BCUT2D eigenvalue weighted by Gasteiger charge is -2.31. The molecule has 1 aromatic carbocycles. The van der Waals surface area contributed by atoms with Crippen LogP contribution in [0.5, 0.6) is 0 Å². The van der Waals surface area contributed by atoms with Crippen LogP contribution in [-0.4, -0.2) is 78.1 Å². The second-order valence-corrected chi connectivity index (χ2v) is 11.8. The number of halogens is 2. The van der Waals surface area contributed by atoms with Crippen LogP contribution in [0.2, 0.25) is 0 Å². The average molecular weight is 552 g/mol. The van der Waals surface area contributed by atoms with Crippen LogP contribution < -0.4 is 11.1 Å². The number of piperidine rings is 1. The van der Waals surface area contributed by atoms with E-state index in [1.807, 2.05) is 19.0 Å². The van der Waals surface area contributed by atoms with Crippen LogP contribution in [-0.2, 0) is 16.4 Å². The molecule has 2 aromatic heterocycles. The zero-order valence-corrected chi connectivity index (χ0v) is 22.0. The van der Waals surface area contributed by atoms with Gasteiger partial charge in [-0.1, -0.05) is 17.4 Å². The molecule has 1 fully saturated rings. The zero-order valence-electron chi connectivity index (χ0n) is 20.3. The third kappa shape index (κ3) is 6.09. The number of rotatable bonds is 9. The van der Waals surface area contributed by atoms with E-state index in [4.69, 9.17) is 5.73 Å². The van der Waals surface area contributed by atoms with Crippen molar-refractivity contribution < 1.29 is 22.0 Å². The Kier molecular flexibility index (Phi) is 8.11. The second-order valence-electron chi connectivity index (χ2n) is 8.87. The number of nitrogens with two attached hydrogens (primary N) is 1. The number of carbonyl (C=O) groups is 1. The van der Waals surface area contributed by atoms with Crippen LogP contribution in [0.25, 0.3) is 0 Å². The Balaban J connectivity index is 1.37. The van der Waals surface area contributed by atoms with Gasteiger partial charge in [0.25, 0.3) is 0 Å². The summed E-state index contributed by atoms with van der Waals surface area (Å²) >= 11 is 0.902. The summed E-state index contributed by atoms with van der Waals surface area (Å²) in [5.74, 6) is -2.39. The van der Waals surface area contributed by atoms with Crippen molar-refractivity contribution in [1.29, 1.82) is 0 Å². The van der Waals surface area contributed by atoms with Crippen LogP contribution in [0.4, 0.5) is 19.7 Å². The number of hydrogen-bond donors (Lipinski definition) is 2. The summed E-state index contributed by atoms with van der Waals surface area (Å²) in [5.41, 5.74) is 5.18. The molecule has 10 nitrogen and oxygen atoms in total. The topological polar surface area (TPSA) is 134 Å². The molecule has 0 spiro atoms. The Bertz CT molecular complexity index is 1350. The van der Waals surface area contributed by atoms with Gasteiger partial charge in [-0.2, -0.15) is 4.31 Å². The van der Waals surface area contributed by atoms with Gasteiger partial charge in [-0.25, -0.2) is 32.2 Å². The van der Waals surface area contributed by atoms with Crippen molar-refractivity contribution in [2.45, 2.75) is 30.2 Å². The molecule has 1 saturated heterocycles. The Hall–Kier alpha value is -3.07. The summed E-state index contributed by atoms with van der Waals surface area (Å²) < 4.78 is 55.5. The van der Waals surface area contributed by atoms with Crippen molar-refractivity contribution >= 4 is 38.1 Å². The highest BCUT2D eigenvalue weighted by molar-refractivity contribution is 7.89. The molecule has 14 heteroatoms. The summed E-state index contributed by atoms with van der Waals surface area (Å²) in [7, 11) is 0.136. The first kappa shape index (κ1) is 27.0. The highest BCUT2D eigenvalue weighted by Gasteiger charge is 2.31. The van der Waals surface area contributed by atoms with Gasteiger partial charge in [-0.05, 0) is 39.1 Å². The fourth-order valence-electron chi connectivity index (χ4n) is 3.88. The normalized spacial score (nSPS) is 15.3. The highest BCUT2D eigenvalue weighted by atomic mass is 32.2. The Morgan fingerprint density at radius 2 is 1.81 bits per heavy atom. The minimum atomic E-state index is -3.74. The number of ketones is 1. The first-order chi connectivity index (χ1) is 17.6. The van der Waals surface area contributed by atoms with Crippen LogP contribution in [0.15, 0.2) is 35.5 Å². The van der Waals surface area contributed by atoms with E-state index in [1.54, 1.807) is 0 Å². The molecule has 198 valence electrons. The second kappa shape index (κ2) is 11.1. The fourth-order valence-corrected chi connectivity index (χ4v) is 6.15. The van der Waals surface area contributed by atoms with Crippen molar-refractivity contribution in [3.8, 4) is 0 Å². The van der Waals surface area contributed by atoms with Gasteiger partial charge < -0.3 is 16.0 Å². The van der Waals surface area contributed by atoms with Crippen LogP contribution in [0.3, 0.4) is 0 Å². The molecule has 0 radical (unpaired) electrons. The number of nitrogens with one attached hydrogen (secondary N) is 1. The third-order valence-electron chi connectivity index (χ3n) is 5.93.